The van der Waals surface area contributed by atoms with E-state index in [4.69, 9.17) is 9.84 Å². The molecule has 0 atom stereocenters. The third kappa shape index (κ3) is 4.25. The van der Waals surface area contributed by atoms with Crippen LogP contribution in [0.25, 0.3) is 0 Å². The number of hydrogen-bond donors (Lipinski definition) is 1. The van der Waals surface area contributed by atoms with E-state index < -0.39 is 19.0 Å². The van der Waals surface area contributed by atoms with Crippen LogP contribution in [0.3, 0.4) is 0 Å². The van der Waals surface area contributed by atoms with Crippen molar-refractivity contribution >= 4 is 15.9 Å². The average molecular weight is 357 g/mol. The predicted octanol–water partition coefficient (Wildman–Crippen LogP) is 4.72. The summed E-state index contributed by atoms with van der Waals surface area (Å²) in [5.74, 6) is -1.81. The van der Waals surface area contributed by atoms with Gasteiger partial charge in [-0.2, -0.15) is 0 Å². The van der Waals surface area contributed by atoms with Crippen molar-refractivity contribution in [3.8, 4) is 11.5 Å². The average Bonchev–Trinajstić information content (AvgIpc) is 2.46. The Kier molecular flexibility index (Phi) is 4.96. The number of aliphatic hydroxyl groups is 1. The van der Waals surface area contributed by atoms with Gasteiger partial charge in [-0.05, 0) is 36.8 Å². The molecule has 0 heterocycles. The second kappa shape index (κ2) is 6.54. The molecule has 2 nitrogen and oxygen atoms in total. The fourth-order valence-corrected chi connectivity index (χ4v) is 2.20. The fourth-order valence-electron chi connectivity index (χ4n) is 1.86. The van der Waals surface area contributed by atoms with Crippen LogP contribution < -0.4 is 4.74 Å². The first-order chi connectivity index (χ1) is 9.91. The highest BCUT2D eigenvalue weighted by atomic mass is 79.9. The molecule has 0 bridgehead atoms. The van der Waals surface area contributed by atoms with Crippen LogP contribution in [-0.4, -0.2) is 17.6 Å². The molecule has 0 aliphatic rings. The quantitative estimate of drug-likeness (QED) is 0.839. The van der Waals surface area contributed by atoms with E-state index in [1.54, 1.807) is 24.3 Å². The monoisotopic (exact) mass is 356 g/mol. The smallest absolute Gasteiger partial charge is 0.274 e. The van der Waals surface area contributed by atoms with Gasteiger partial charge < -0.3 is 9.84 Å². The van der Waals surface area contributed by atoms with Crippen LogP contribution in [-0.2, 0) is 6.42 Å². The maximum atomic E-state index is 13.1. The van der Waals surface area contributed by atoms with Crippen molar-refractivity contribution in [2.75, 3.05) is 6.61 Å². The Labute approximate surface area is 130 Å². The molecule has 0 aliphatic heterocycles. The van der Waals surface area contributed by atoms with Gasteiger partial charge in [-0.1, -0.05) is 34.1 Å². The summed E-state index contributed by atoms with van der Waals surface area (Å²) in [6, 6.07) is 12.1. The Balaban J connectivity index is 2.11. The van der Waals surface area contributed by atoms with E-state index in [2.05, 4.69) is 15.9 Å². The van der Waals surface area contributed by atoms with Crippen LogP contribution in [0.1, 0.15) is 11.1 Å². The molecule has 0 radical (unpaired) electrons. The fraction of sp³-hybridized carbons (Fsp3) is 0.250. The molecule has 0 saturated carbocycles. The summed E-state index contributed by atoms with van der Waals surface area (Å²) in [4.78, 5) is 0. The van der Waals surface area contributed by atoms with Gasteiger partial charge in [0.1, 0.15) is 18.1 Å². The van der Waals surface area contributed by atoms with Gasteiger partial charge in [0.2, 0.25) is 0 Å². The molecule has 0 saturated heterocycles. The number of benzene rings is 2. The highest BCUT2D eigenvalue weighted by Crippen LogP contribution is 2.30. The molecular formula is C16H15BrF2O2. The molecule has 0 unspecified atom stereocenters. The molecule has 0 amide bonds. The molecule has 0 aromatic heterocycles. The van der Waals surface area contributed by atoms with E-state index in [0.717, 1.165) is 10.0 Å². The second-order valence-electron chi connectivity index (χ2n) is 4.80. The van der Waals surface area contributed by atoms with Crippen molar-refractivity contribution in [1.82, 2.24) is 0 Å². The lowest BCUT2D eigenvalue weighted by molar-refractivity contribution is -0.0488. The van der Waals surface area contributed by atoms with Crippen molar-refractivity contribution in [3.63, 3.8) is 0 Å². The lowest BCUT2D eigenvalue weighted by Gasteiger charge is -2.14. The molecular weight excluding hydrogens is 342 g/mol. The minimum atomic E-state index is -3.09. The molecule has 5 heteroatoms. The molecule has 2 aromatic carbocycles. The number of rotatable bonds is 5. The van der Waals surface area contributed by atoms with Crippen molar-refractivity contribution in [2.24, 2.45) is 0 Å². The van der Waals surface area contributed by atoms with E-state index in [1.807, 2.05) is 25.1 Å². The van der Waals surface area contributed by atoms with E-state index in [0.29, 0.717) is 17.1 Å². The van der Waals surface area contributed by atoms with Crippen LogP contribution in [0.2, 0.25) is 0 Å². The van der Waals surface area contributed by atoms with E-state index in [-0.39, 0.29) is 0 Å². The van der Waals surface area contributed by atoms with Crippen LogP contribution in [0.15, 0.2) is 46.9 Å². The molecule has 0 spiro atoms. The SMILES string of the molecule is Cc1c(Br)cccc1Oc1ccc(CC(F)(F)CO)cc1. The summed E-state index contributed by atoms with van der Waals surface area (Å²) < 4.78 is 32.9. The number of ether oxygens (including phenoxy) is 1. The summed E-state index contributed by atoms with van der Waals surface area (Å²) in [6.07, 6.45) is -0.486. The number of hydrogen-bond acceptors (Lipinski definition) is 2. The summed E-state index contributed by atoms with van der Waals surface area (Å²) in [5, 5.41) is 8.58. The summed E-state index contributed by atoms with van der Waals surface area (Å²) in [7, 11) is 0. The van der Waals surface area contributed by atoms with Gasteiger partial charge in [-0.3, -0.25) is 0 Å². The highest BCUT2D eigenvalue weighted by Gasteiger charge is 2.27. The minimum absolute atomic E-state index is 0.451. The molecule has 2 rings (SSSR count). The lowest BCUT2D eigenvalue weighted by Crippen LogP contribution is -2.24. The Morgan fingerprint density at radius 2 is 1.81 bits per heavy atom. The van der Waals surface area contributed by atoms with Gasteiger partial charge >= 0.3 is 0 Å². The molecule has 21 heavy (non-hydrogen) atoms. The first-order valence-corrected chi connectivity index (χ1v) is 7.21. The molecule has 0 fully saturated rings. The van der Waals surface area contributed by atoms with Gasteiger partial charge in [-0.25, -0.2) is 8.78 Å². The predicted molar refractivity (Wildman–Crippen MR) is 81.1 cm³/mol. The minimum Gasteiger partial charge on any atom is -0.457 e. The number of aliphatic hydroxyl groups excluding tert-OH is 1. The molecule has 0 aliphatic carbocycles. The first-order valence-electron chi connectivity index (χ1n) is 6.42. The zero-order valence-corrected chi connectivity index (χ0v) is 13.0. The van der Waals surface area contributed by atoms with Gasteiger partial charge in [-0.15, -0.1) is 0 Å². The first kappa shape index (κ1) is 15.9. The van der Waals surface area contributed by atoms with Gasteiger partial charge in [0.15, 0.2) is 0 Å². The van der Waals surface area contributed by atoms with Crippen LogP contribution in [0.5, 0.6) is 11.5 Å². The Hall–Kier alpha value is -1.46. The topological polar surface area (TPSA) is 29.5 Å². The van der Waals surface area contributed by atoms with Gasteiger partial charge in [0, 0.05) is 16.5 Å². The van der Waals surface area contributed by atoms with Crippen molar-refractivity contribution in [3.05, 3.63) is 58.1 Å². The maximum absolute atomic E-state index is 13.1. The normalized spacial score (nSPS) is 11.5. The highest BCUT2D eigenvalue weighted by molar-refractivity contribution is 9.10. The second-order valence-corrected chi connectivity index (χ2v) is 5.65. The summed E-state index contributed by atoms with van der Waals surface area (Å²) in [5.41, 5.74) is 1.42. The van der Waals surface area contributed by atoms with Crippen molar-refractivity contribution < 1.29 is 18.6 Å². The van der Waals surface area contributed by atoms with Gasteiger partial charge in [0.25, 0.3) is 5.92 Å². The zero-order chi connectivity index (χ0) is 15.5. The molecule has 1 N–H and O–H groups in total. The largest absolute Gasteiger partial charge is 0.457 e. The Morgan fingerprint density at radius 3 is 2.43 bits per heavy atom. The van der Waals surface area contributed by atoms with Crippen molar-refractivity contribution in [2.45, 2.75) is 19.3 Å². The third-order valence-corrected chi connectivity index (χ3v) is 3.92. The summed E-state index contributed by atoms with van der Waals surface area (Å²) >= 11 is 3.42. The van der Waals surface area contributed by atoms with Crippen LogP contribution >= 0.6 is 15.9 Å². The number of alkyl halides is 2. The van der Waals surface area contributed by atoms with Crippen molar-refractivity contribution in [1.29, 1.82) is 0 Å². The van der Waals surface area contributed by atoms with Gasteiger partial charge in [0.05, 0.1) is 0 Å². The van der Waals surface area contributed by atoms with E-state index >= 15 is 0 Å². The Bertz CT molecular complexity index is 612. The van der Waals surface area contributed by atoms with Crippen LogP contribution in [0, 0.1) is 6.92 Å². The molecule has 2 aromatic rings. The van der Waals surface area contributed by atoms with E-state index in [1.165, 1.54) is 0 Å². The number of halogens is 3. The summed E-state index contributed by atoms with van der Waals surface area (Å²) in [6.45, 7) is 0.776. The van der Waals surface area contributed by atoms with E-state index in [9.17, 15) is 8.78 Å². The molecule has 112 valence electrons. The standard InChI is InChI=1S/C16H15BrF2O2/c1-11-14(17)3-2-4-15(11)21-13-7-5-12(6-8-13)9-16(18,19)10-20/h2-8,20H,9-10H2,1H3. The lowest BCUT2D eigenvalue weighted by atomic mass is 10.1. The maximum Gasteiger partial charge on any atom is 0.274 e. The third-order valence-electron chi connectivity index (χ3n) is 3.06. The zero-order valence-electron chi connectivity index (χ0n) is 11.4. The Morgan fingerprint density at radius 1 is 1.14 bits per heavy atom. The van der Waals surface area contributed by atoms with Crippen LogP contribution in [0.4, 0.5) is 8.78 Å².